The Morgan fingerprint density at radius 2 is 1.24 bits per heavy atom. The van der Waals surface area contributed by atoms with E-state index in [0.717, 1.165) is 36.0 Å². The highest BCUT2D eigenvalue weighted by Crippen LogP contribution is 2.68. The van der Waals surface area contributed by atoms with Gasteiger partial charge in [0.25, 0.3) is 0 Å². The molecule has 3 heteroatoms. The molecule has 7 unspecified atom stereocenters. The third-order valence-electron chi connectivity index (χ3n) is 9.38. The first-order valence-electron chi connectivity index (χ1n) is 13.0. The van der Waals surface area contributed by atoms with E-state index < -0.39 is 10.9 Å². The van der Waals surface area contributed by atoms with Gasteiger partial charge in [-0.2, -0.15) is 10.9 Å². The minimum Gasteiger partial charge on any atom is -0.426 e. The molecule has 0 aromatic heterocycles. The highest BCUT2D eigenvalue weighted by Gasteiger charge is 2.63. The van der Waals surface area contributed by atoms with Gasteiger partial charge in [-0.3, -0.25) is 4.79 Å². The lowest BCUT2D eigenvalue weighted by Crippen LogP contribution is -2.37. The molecular weight excluding hydrogens is 436 g/mol. The van der Waals surface area contributed by atoms with Crippen molar-refractivity contribution < 1.29 is 9.53 Å². The average molecular weight is 469 g/mol. The van der Waals surface area contributed by atoms with E-state index in [-0.39, 0.29) is 11.9 Å². The van der Waals surface area contributed by atoms with Crippen LogP contribution in [0.5, 0.6) is 5.75 Å². The molecule has 7 rings (SSSR count). The minimum absolute atomic E-state index is 0.0230. The summed E-state index contributed by atoms with van der Waals surface area (Å²) < 4.78 is 5.99. The summed E-state index contributed by atoms with van der Waals surface area (Å²) in [5.41, 5.74) is 0. The number of ether oxygens (including phenoxy) is 1. The van der Waals surface area contributed by atoms with E-state index in [4.69, 9.17) is 4.74 Å². The summed E-state index contributed by atoms with van der Waals surface area (Å²) in [6, 6.07) is 29.7. The Labute approximate surface area is 205 Å². The Hall–Kier alpha value is -2.52. The van der Waals surface area contributed by atoms with Gasteiger partial charge in [0.15, 0.2) is 0 Å². The highest BCUT2D eigenvalue weighted by molar-refractivity contribution is 8.17. The van der Waals surface area contributed by atoms with Crippen LogP contribution in [0.25, 0.3) is 0 Å². The molecule has 0 N–H and O–H groups in total. The van der Waals surface area contributed by atoms with E-state index in [2.05, 4.69) is 72.8 Å². The number of esters is 1. The van der Waals surface area contributed by atoms with Crippen LogP contribution in [-0.4, -0.2) is 5.97 Å². The molecular formula is C31H32O2S. The zero-order valence-electron chi connectivity index (χ0n) is 19.4. The number of carbonyl (C=O) groups excluding carboxylic acids is 1. The monoisotopic (exact) mass is 468 g/mol. The molecule has 0 spiro atoms. The Morgan fingerprint density at radius 3 is 1.88 bits per heavy atom. The van der Waals surface area contributed by atoms with Crippen molar-refractivity contribution in [3.05, 3.63) is 84.9 Å². The smallest absolute Gasteiger partial charge is 0.314 e. The van der Waals surface area contributed by atoms with Crippen LogP contribution in [0, 0.1) is 41.4 Å². The molecule has 0 saturated heterocycles. The Bertz CT molecular complexity index is 1140. The van der Waals surface area contributed by atoms with Crippen LogP contribution in [-0.2, 0) is 4.79 Å². The first kappa shape index (κ1) is 20.8. The SMILES string of the molecule is O=C(Oc1ccc([SH](c2ccccc2)c2ccccc2)cc1)C1CC2CC1C1C3CCC(C3)C21. The maximum atomic E-state index is 13.2. The largest absolute Gasteiger partial charge is 0.426 e. The zero-order chi connectivity index (χ0) is 22.6. The zero-order valence-corrected chi connectivity index (χ0v) is 20.3. The molecule has 3 aromatic rings. The summed E-state index contributed by atoms with van der Waals surface area (Å²) in [6.07, 6.45) is 6.64. The van der Waals surface area contributed by atoms with Gasteiger partial charge in [0.1, 0.15) is 5.75 Å². The van der Waals surface area contributed by atoms with E-state index in [1.54, 1.807) is 0 Å². The van der Waals surface area contributed by atoms with Crippen LogP contribution in [0.15, 0.2) is 99.6 Å². The number of benzene rings is 3. The van der Waals surface area contributed by atoms with Crippen molar-refractivity contribution in [2.75, 3.05) is 0 Å². The molecule has 0 amide bonds. The van der Waals surface area contributed by atoms with Crippen molar-refractivity contribution in [2.24, 2.45) is 41.4 Å². The maximum Gasteiger partial charge on any atom is 0.314 e. The fraction of sp³-hybridized carbons (Fsp3) is 0.387. The molecule has 4 aliphatic rings. The van der Waals surface area contributed by atoms with Crippen molar-refractivity contribution in [3.8, 4) is 5.75 Å². The number of hydrogen-bond donors (Lipinski definition) is 1. The minimum atomic E-state index is -0.641. The summed E-state index contributed by atoms with van der Waals surface area (Å²) >= 11 is 0. The highest BCUT2D eigenvalue weighted by atomic mass is 32.2. The van der Waals surface area contributed by atoms with Crippen LogP contribution in [0.4, 0.5) is 0 Å². The molecule has 4 fully saturated rings. The molecule has 3 aromatic carbocycles. The molecule has 4 aliphatic carbocycles. The van der Waals surface area contributed by atoms with Crippen LogP contribution >= 0.6 is 10.9 Å². The van der Waals surface area contributed by atoms with Gasteiger partial charge in [-0.05, 0) is 131 Å². The van der Waals surface area contributed by atoms with E-state index in [9.17, 15) is 4.79 Å². The Kier molecular flexibility index (Phi) is 5.08. The Balaban J connectivity index is 1.09. The molecule has 0 heterocycles. The Morgan fingerprint density at radius 1 is 0.647 bits per heavy atom. The van der Waals surface area contributed by atoms with Crippen LogP contribution in [0.3, 0.4) is 0 Å². The quantitative estimate of drug-likeness (QED) is 0.183. The van der Waals surface area contributed by atoms with Crippen molar-refractivity contribution >= 4 is 16.9 Å². The second kappa shape index (κ2) is 8.30. The number of rotatable bonds is 5. The standard InChI is InChI=1S/C31H32O2S/c32-31(28-19-22-18-27(28)30-21-12-11-20(17-21)29(22)30)33-23-13-15-26(16-14-23)34(24-7-3-1-4-8-24)25-9-5-2-6-10-25/h1-10,13-16,20-22,27-30,34H,11-12,17-19H2. The summed E-state index contributed by atoms with van der Waals surface area (Å²) in [5.74, 6) is 5.82. The molecule has 0 aliphatic heterocycles. The average Bonchev–Trinajstić information content (AvgIpc) is 3.67. The number of hydrogen-bond acceptors (Lipinski definition) is 2. The summed E-state index contributed by atoms with van der Waals surface area (Å²) in [7, 11) is -0.641. The van der Waals surface area contributed by atoms with Crippen LogP contribution in [0.1, 0.15) is 32.1 Å². The summed E-state index contributed by atoms with van der Waals surface area (Å²) in [6.45, 7) is 0. The molecule has 2 nitrogen and oxygen atoms in total. The van der Waals surface area contributed by atoms with Crippen LogP contribution < -0.4 is 4.74 Å². The predicted octanol–water partition coefficient (Wildman–Crippen LogP) is 7.39. The van der Waals surface area contributed by atoms with Gasteiger partial charge in [-0.15, -0.1) is 0 Å². The molecule has 4 bridgehead atoms. The topological polar surface area (TPSA) is 26.3 Å². The van der Waals surface area contributed by atoms with E-state index >= 15 is 0 Å². The maximum absolute atomic E-state index is 13.2. The third kappa shape index (κ3) is 3.35. The van der Waals surface area contributed by atoms with Gasteiger partial charge in [-0.25, -0.2) is 0 Å². The van der Waals surface area contributed by atoms with Crippen molar-refractivity contribution in [3.63, 3.8) is 0 Å². The summed E-state index contributed by atoms with van der Waals surface area (Å²) in [5, 5.41) is 0. The van der Waals surface area contributed by atoms with Gasteiger partial charge in [-0.1, -0.05) is 36.4 Å². The van der Waals surface area contributed by atoms with E-state index in [1.165, 1.54) is 40.4 Å². The van der Waals surface area contributed by atoms with E-state index in [0.29, 0.717) is 11.7 Å². The first-order valence-corrected chi connectivity index (χ1v) is 14.3. The first-order chi connectivity index (χ1) is 16.8. The van der Waals surface area contributed by atoms with Gasteiger partial charge < -0.3 is 4.74 Å². The fourth-order valence-corrected chi connectivity index (χ4v) is 10.6. The molecule has 34 heavy (non-hydrogen) atoms. The van der Waals surface area contributed by atoms with Crippen molar-refractivity contribution in [2.45, 2.75) is 46.8 Å². The fourth-order valence-electron chi connectivity index (χ4n) is 8.29. The van der Waals surface area contributed by atoms with Crippen molar-refractivity contribution in [1.82, 2.24) is 0 Å². The number of thiol groups is 1. The summed E-state index contributed by atoms with van der Waals surface area (Å²) in [4.78, 5) is 17.2. The second-order valence-electron chi connectivity index (χ2n) is 10.9. The van der Waals surface area contributed by atoms with Gasteiger partial charge in [0.2, 0.25) is 0 Å². The lowest BCUT2D eigenvalue weighted by molar-refractivity contribution is -0.142. The van der Waals surface area contributed by atoms with E-state index in [1.807, 2.05) is 12.1 Å². The molecule has 7 atom stereocenters. The van der Waals surface area contributed by atoms with Gasteiger partial charge >= 0.3 is 5.97 Å². The third-order valence-corrected chi connectivity index (χ3v) is 11.8. The number of fused-ring (bicyclic) bond motifs is 9. The number of carbonyl (C=O) groups is 1. The van der Waals surface area contributed by atoms with Gasteiger partial charge in [0, 0.05) is 0 Å². The lowest BCUT2D eigenvalue weighted by atomic mass is 9.67. The predicted molar refractivity (Wildman–Crippen MR) is 136 cm³/mol. The van der Waals surface area contributed by atoms with Crippen molar-refractivity contribution in [1.29, 1.82) is 0 Å². The normalized spacial score (nSPS) is 33.1. The second-order valence-corrected chi connectivity index (χ2v) is 13.1. The van der Waals surface area contributed by atoms with Crippen LogP contribution in [0.2, 0.25) is 0 Å². The molecule has 174 valence electrons. The lowest BCUT2D eigenvalue weighted by Gasteiger charge is -2.37. The van der Waals surface area contributed by atoms with Gasteiger partial charge in [0.05, 0.1) is 5.92 Å². The molecule has 4 saturated carbocycles. The molecule has 0 radical (unpaired) electrons.